The lowest BCUT2D eigenvalue weighted by Crippen LogP contribution is -2.40. The number of halogens is 1. The molecule has 1 aromatic rings. The molecule has 0 radical (unpaired) electrons. The van der Waals surface area contributed by atoms with Crippen molar-refractivity contribution in [3.05, 3.63) is 28.8 Å². The first-order valence-electron chi connectivity index (χ1n) is 7.20. The zero-order valence-corrected chi connectivity index (χ0v) is 13.8. The van der Waals surface area contributed by atoms with Crippen LogP contribution in [0.25, 0.3) is 0 Å². The van der Waals surface area contributed by atoms with E-state index in [9.17, 15) is 4.79 Å². The van der Waals surface area contributed by atoms with Crippen LogP contribution in [0.5, 0.6) is 0 Å². The second-order valence-electron chi connectivity index (χ2n) is 6.33. The topological polar surface area (TPSA) is 41.6 Å². The molecule has 2 rings (SSSR count). The Morgan fingerprint density at radius 1 is 1.43 bits per heavy atom. The highest BCUT2D eigenvalue weighted by Gasteiger charge is 2.29. The van der Waals surface area contributed by atoms with E-state index in [0.29, 0.717) is 10.6 Å². The van der Waals surface area contributed by atoms with Crippen LogP contribution < -0.4 is 5.32 Å². The highest BCUT2D eigenvalue weighted by molar-refractivity contribution is 6.31. The first-order valence-corrected chi connectivity index (χ1v) is 7.58. The quantitative estimate of drug-likeness (QED) is 0.930. The number of carbonyl (C=O) groups is 1. The van der Waals surface area contributed by atoms with Crippen LogP contribution in [-0.2, 0) is 4.74 Å². The highest BCUT2D eigenvalue weighted by atomic mass is 35.5. The molecule has 4 nitrogen and oxygen atoms in total. The molecular formula is C16H23ClN2O2. The van der Waals surface area contributed by atoms with E-state index in [-0.39, 0.29) is 17.6 Å². The van der Waals surface area contributed by atoms with Gasteiger partial charge in [-0.2, -0.15) is 0 Å². The number of nitrogens with one attached hydrogen (secondary N) is 1. The molecule has 1 aliphatic rings. The molecule has 0 aromatic heterocycles. The molecule has 0 bridgehead atoms. The smallest absolute Gasteiger partial charge is 0.255 e. The largest absolute Gasteiger partial charge is 0.381 e. The lowest BCUT2D eigenvalue weighted by molar-refractivity contribution is -0.0553. The van der Waals surface area contributed by atoms with Gasteiger partial charge >= 0.3 is 0 Å². The van der Waals surface area contributed by atoms with E-state index in [4.69, 9.17) is 16.3 Å². The minimum atomic E-state index is -0.139. The summed E-state index contributed by atoms with van der Waals surface area (Å²) < 4.78 is 5.73. The van der Waals surface area contributed by atoms with E-state index in [1.165, 1.54) is 0 Å². The lowest BCUT2D eigenvalue weighted by atomic mass is 9.93. The van der Waals surface area contributed by atoms with E-state index in [0.717, 1.165) is 25.1 Å². The average molecular weight is 311 g/mol. The van der Waals surface area contributed by atoms with Gasteiger partial charge in [0.1, 0.15) is 0 Å². The Morgan fingerprint density at radius 2 is 2.14 bits per heavy atom. The van der Waals surface area contributed by atoms with Gasteiger partial charge in [0.25, 0.3) is 5.91 Å². The molecule has 0 spiro atoms. The minimum absolute atomic E-state index is 0.0273. The van der Waals surface area contributed by atoms with Crippen LogP contribution in [0.2, 0.25) is 5.02 Å². The number of amides is 1. The van der Waals surface area contributed by atoms with Gasteiger partial charge in [0.15, 0.2) is 0 Å². The SMILES string of the molecule is CN(C)C(=O)c1ccc(Cl)cc1NC1CCOC(C)(C)C1. The normalized spacial score (nSPS) is 20.9. The second-order valence-corrected chi connectivity index (χ2v) is 6.77. The van der Waals surface area contributed by atoms with Gasteiger partial charge < -0.3 is 15.0 Å². The maximum Gasteiger partial charge on any atom is 0.255 e. The van der Waals surface area contributed by atoms with Gasteiger partial charge in [0.05, 0.1) is 11.2 Å². The summed E-state index contributed by atoms with van der Waals surface area (Å²) in [5.74, 6) is -0.0273. The van der Waals surface area contributed by atoms with Crippen molar-refractivity contribution in [2.45, 2.75) is 38.3 Å². The number of carbonyl (C=O) groups excluding carboxylic acids is 1. The first kappa shape index (κ1) is 16.1. The maximum atomic E-state index is 12.3. The fourth-order valence-electron chi connectivity index (χ4n) is 2.64. The molecule has 1 saturated heterocycles. The van der Waals surface area contributed by atoms with Crippen molar-refractivity contribution in [3.8, 4) is 0 Å². The number of ether oxygens (including phenoxy) is 1. The molecule has 5 heteroatoms. The average Bonchev–Trinajstić information content (AvgIpc) is 2.37. The van der Waals surface area contributed by atoms with Gasteiger partial charge in [-0.1, -0.05) is 11.6 Å². The van der Waals surface area contributed by atoms with Crippen molar-refractivity contribution >= 4 is 23.2 Å². The van der Waals surface area contributed by atoms with E-state index in [2.05, 4.69) is 19.2 Å². The van der Waals surface area contributed by atoms with E-state index in [1.807, 2.05) is 6.07 Å². The van der Waals surface area contributed by atoms with Gasteiger partial charge in [-0.05, 0) is 44.9 Å². The molecule has 1 aliphatic heterocycles. The number of hydrogen-bond acceptors (Lipinski definition) is 3. The molecule has 1 fully saturated rings. The maximum absolute atomic E-state index is 12.3. The summed E-state index contributed by atoms with van der Waals surface area (Å²) in [5.41, 5.74) is 1.30. The van der Waals surface area contributed by atoms with Crippen molar-refractivity contribution in [1.82, 2.24) is 4.90 Å². The Labute approximate surface area is 131 Å². The van der Waals surface area contributed by atoms with Gasteiger partial charge in [0, 0.05) is 37.5 Å². The van der Waals surface area contributed by atoms with E-state index in [1.54, 1.807) is 31.1 Å². The molecule has 0 saturated carbocycles. The van der Waals surface area contributed by atoms with E-state index < -0.39 is 0 Å². The van der Waals surface area contributed by atoms with Crippen LogP contribution in [0.3, 0.4) is 0 Å². The summed E-state index contributed by atoms with van der Waals surface area (Å²) >= 11 is 6.09. The fourth-order valence-corrected chi connectivity index (χ4v) is 2.81. The molecule has 1 aromatic carbocycles. The second kappa shape index (κ2) is 6.24. The third kappa shape index (κ3) is 4.11. The molecule has 1 amide bonds. The standard InChI is InChI=1S/C16H23ClN2O2/c1-16(2)10-12(7-8-21-16)18-14-9-11(17)5-6-13(14)15(20)19(3)4/h5-6,9,12,18H,7-8,10H2,1-4H3. The van der Waals surface area contributed by atoms with Crippen LogP contribution in [-0.4, -0.2) is 43.2 Å². The molecule has 116 valence electrons. The molecule has 1 unspecified atom stereocenters. The number of nitrogens with zero attached hydrogens (tertiary/aromatic N) is 1. The summed E-state index contributed by atoms with van der Waals surface area (Å²) in [5, 5.41) is 4.09. The molecule has 1 heterocycles. The van der Waals surface area contributed by atoms with Gasteiger partial charge in [-0.25, -0.2) is 0 Å². The van der Waals surface area contributed by atoms with Gasteiger partial charge in [-0.15, -0.1) is 0 Å². The number of anilines is 1. The van der Waals surface area contributed by atoms with Crippen molar-refractivity contribution in [1.29, 1.82) is 0 Å². The zero-order valence-electron chi connectivity index (χ0n) is 13.1. The molecule has 0 aliphatic carbocycles. The zero-order chi connectivity index (χ0) is 15.6. The third-order valence-corrected chi connectivity index (χ3v) is 3.91. The Hall–Kier alpha value is -1.26. The molecule has 21 heavy (non-hydrogen) atoms. The summed E-state index contributed by atoms with van der Waals surface area (Å²) in [4.78, 5) is 13.8. The van der Waals surface area contributed by atoms with Crippen LogP contribution >= 0.6 is 11.6 Å². The lowest BCUT2D eigenvalue weighted by Gasteiger charge is -2.36. The van der Waals surface area contributed by atoms with Crippen LogP contribution in [0.4, 0.5) is 5.69 Å². The van der Waals surface area contributed by atoms with Gasteiger partial charge in [-0.3, -0.25) is 4.79 Å². The van der Waals surface area contributed by atoms with Crippen molar-refractivity contribution in [2.75, 3.05) is 26.0 Å². The Balaban J connectivity index is 2.22. The van der Waals surface area contributed by atoms with Crippen molar-refractivity contribution in [2.24, 2.45) is 0 Å². The van der Waals surface area contributed by atoms with Crippen molar-refractivity contribution in [3.63, 3.8) is 0 Å². The predicted octanol–water partition coefficient (Wildman–Crippen LogP) is 3.41. The Bertz CT molecular complexity index is 529. The monoisotopic (exact) mass is 310 g/mol. The predicted molar refractivity (Wildman–Crippen MR) is 86.1 cm³/mol. The molecule has 1 N–H and O–H groups in total. The fraction of sp³-hybridized carbons (Fsp3) is 0.562. The van der Waals surface area contributed by atoms with Crippen LogP contribution in [0.15, 0.2) is 18.2 Å². The number of rotatable bonds is 3. The molecular weight excluding hydrogens is 288 g/mol. The summed E-state index contributed by atoms with van der Waals surface area (Å²) in [6.45, 7) is 4.90. The highest BCUT2D eigenvalue weighted by Crippen LogP contribution is 2.29. The third-order valence-electron chi connectivity index (χ3n) is 3.67. The van der Waals surface area contributed by atoms with E-state index >= 15 is 0 Å². The summed E-state index contributed by atoms with van der Waals surface area (Å²) in [6, 6.07) is 5.62. The Kier molecular flexibility index (Phi) is 4.79. The number of hydrogen-bond donors (Lipinski definition) is 1. The Morgan fingerprint density at radius 3 is 2.76 bits per heavy atom. The molecule has 1 atom stereocenters. The van der Waals surface area contributed by atoms with Gasteiger partial charge in [0.2, 0.25) is 0 Å². The minimum Gasteiger partial charge on any atom is -0.381 e. The summed E-state index contributed by atoms with van der Waals surface area (Å²) in [6.07, 6.45) is 1.82. The first-order chi connectivity index (χ1) is 9.78. The summed E-state index contributed by atoms with van der Waals surface area (Å²) in [7, 11) is 3.50. The van der Waals surface area contributed by atoms with Crippen molar-refractivity contribution < 1.29 is 9.53 Å². The van der Waals surface area contributed by atoms with Crippen LogP contribution in [0, 0.1) is 0 Å². The number of benzene rings is 1. The van der Waals surface area contributed by atoms with Crippen LogP contribution in [0.1, 0.15) is 37.0 Å².